The number of aryl methyl sites for hydroxylation is 1. The highest BCUT2D eigenvalue weighted by molar-refractivity contribution is 5.71. The van der Waals surface area contributed by atoms with Gasteiger partial charge in [0.1, 0.15) is 6.26 Å². The van der Waals surface area contributed by atoms with Crippen LogP contribution in [0.25, 0.3) is 11.5 Å². The fraction of sp³-hybridized carbons (Fsp3) is 0.231. The summed E-state index contributed by atoms with van der Waals surface area (Å²) < 4.78 is 5.34. The molecular weight excluding hydrogens is 218 g/mol. The summed E-state index contributed by atoms with van der Waals surface area (Å²) in [7, 11) is 0. The zero-order valence-corrected chi connectivity index (χ0v) is 9.51. The van der Waals surface area contributed by atoms with E-state index in [2.05, 4.69) is 4.98 Å². The van der Waals surface area contributed by atoms with Crippen molar-refractivity contribution in [3.63, 3.8) is 0 Å². The molecule has 0 amide bonds. The molecule has 2 aromatic rings. The van der Waals surface area contributed by atoms with Gasteiger partial charge in [0.2, 0.25) is 5.89 Å². The Balaban J connectivity index is 2.29. The maximum absolute atomic E-state index is 10.6. The van der Waals surface area contributed by atoms with Gasteiger partial charge in [0.05, 0.1) is 12.1 Å². The molecule has 0 aliphatic rings. The lowest BCUT2D eigenvalue weighted by Gasteiger charge is -1.99. The van der Waals surface area contributed by atoms with Crippen molar-refractivity contribution in [3.8, 4) is 11.5 Å². The third kappa shape index (κ3) is 2.72. The predicted octanol–water partition coefficient (Wildman–Crippen LogP) is 2.53. The van der Waals surface area contributed by atoms with E-state index in [9.17, 15) is 4.79 Å². The fourth-order valence-corrected chi connectivity index (χ4v) is 1.59. The summed E-state index contributed by atoms with van der Waals surface area (Å²) in [6, 6.07) is 7.24. The second kappa shape index (κ2) is 4.82. The molecule has 0 bridgehead atoms. The minimum atomic E-state index is -0.844. The van der Waals surface area contributed by atoms with Gasteiger partial charge in [0.15, 0.2) is 0 Å². The first-order valence-corrected chi connectivity index (χ1v) is 5.44. The van der Waals surface area contributed by atoms with Crippen molar-refractivity contribution in [3.05, 3.63) is 41.8 Å². The molecule has 4 heteroatoms. The van der Waals surface area contributed by atoms with E-state index in [1.807, 2.05) is 19.1 Å². The number of carboxylic acid groups (broad SMARTS) is 1. The van der Waals surface area contributed by atoms with Crippen molar-refractivity contribution in [1.82, 2.24) is 4.98 Å². The average Bonchev–Trinajstić information content (AvgIpc) is 2.77. The molecule has 0 aliphatic heterocycles. The Morgan fingerprint density at radius 3 is 2.94 bits per heavy atom. The number of carboxylic acids is 1. The van der Waals surface area contributed by atoms with Gasteiger partial charge < -0.3 is 9.52 Å². The number of oxazole rings is 1. The van der Waals surface area contributed by atoms with Gasteiger partial charge in [0.25, 0.3) is 0 Å². The smallest absolute Gasteiger partial charge is 0.307 e. The Labute approximate surface area is 98.9 Å². The molecule has 4 nitrogen and oxygen atoms in total. The van der Waals surface area contributed by atoms with Crippen LogP contribution in [0, 0.1) is 0 Å². The summed E-state index contributed by atoms with van der Waals surface area (Å²) in [5.41, 5.74) is 2.44. The van der Waals surface area contributed by atoms with Crippen LogP contribution in [0.1, 0.15) is 18.2 Å². The van der Waals surface area contributed by atoms with E-state index in [4.69, 9.17) is 9.52 Å². The standard InChI is InChI=1S/C13H13NO3/c1-2-11-8-17-13(14-11)10-5-3-4-9(6-10)7-12(15)16/h3-6,8H,2,7H2,1H3,(H,15,16). The summed E-state index contributed by atoms with van der Waals surface area (Å²) in [5.74, 6) is -0.308. The van der Waals surface area contributed by atoms with E-state index in [-0.39, 0.29) is 6.42 Å². The number of aromatic nitrogens is 1. The van der Waals surface area contributed by atoms with E-state index in [0.717, 1.165) is 23.2 Å². The number of aliphatic carboxylic acids is 1. The minimum absolute atomic E-state index is 0.00911. The predicted molar refractivity (Wildman–Crippen MR) is 62.7 cm³/mol. The maximum Gasteiger partial charge on any atom is 0.307 e. The molecule has 0 saturated carbocycles. The highest BCUT2D eigenvalue weighted by Gasteiger charge is 2.07. The third-order valence-electron chi connectivity index (χ3n) is 2.44. The number of hydrogen-bond donors (Lipinski definition) is 1. The van der Waals surface area contributed by atoms with E-state index in [1.165, 1.54) is 0 Å². The molecule has 0 aliphatic carbocycles. The molecule has 17 heavy (non-hydrogen) atoms. The van der Waals surface area contributed by atoms with Crippen LogP contribution >= 0.6 is 0 Å². The first-order valence-electron chi connectivity index (χ1n) is 5.44. The minimum Gasteiger partial charge on any atom is -0.481 e. The highest BCUT2D eigenvalue weighted by atomic mass is 16.4. The largest absolute Gasteiger partial charge is 0.481 e. The highest BCUT2D eigenvalue weighted by Crippen LogP contribution is 2.20. The molecule has 1 aromatic heterocycles. The normalized spacial score (nSPS) is 10.4. The van der Waals surface area contributed by atoms with Crippen LogP contribution in [0.3, 0.4) is 0 Å². The van der Waals surface area contributed by atoms with Gasteiger partial charge in [-0.2, -0.15) is 0 Å². The monoisotopic (exact) mass is 231 g/mol. The average molecular weight is 231 g/mol. The number of hydrogen-bond acceptors (Lipinski definition) is 3. The molecule has 1 heterocycles. The van der Waals surface area contributed by atoms with Crippen LogP contribution in [0.15, 0.2) is 34.9 Å². The molecule has 1 N–H and O–H groups in total. The van der Waals surface area contributed by atoms with Gasteiger partial charge in [-0.25, -0.2) is 4.98 Å². The van der Waals surface area contributed by atoms with Crippen molar-refractivity contribution in [2.24, 2.45) is 0 Å². The van der Waals surface area contributed by atoms with Gasteiger partial charge in [-0.3, -0.25) is 4.79 Å². The summed E-state index contributed by atoms with van der Waals surface area (Å²) in [6.07, 6.45) is 2.45. The molecule has 88 valence electrons. The van der Waals surface area contributed by atoms with Gasteiger partial charge in [-0.05, 0) is 24.1 Å². The second-order valence-electron chi connectivity index (χ2n) is 3.77. The number of nitrogens with zero attached hydrogens (tertiary/aromatic N) is 1. The van der Waals surface area contributed by atoms with Crippen LogP contribution in [0.2, 0.25) is 0 Å². The van der Waals surface area contributed by atoms with Crippen molar-refractivity contribution >= 4 is 5.97 Å². The van der Waals surface area contributed by atoms with Gasteiger partial charge in [0, 0.05) is 5.56 Å². The lowest BCUT2D eigenvalue weighted by Crippen LogP contribution is -1.99. The van der Waals surface area contributed by atoms with Crippen molar-refractivity contribution in [1.29, 1.82) is 0 Å². The number of rotatable bonds is 4. The Hall–Kier alpha value is -2.10. The van der Waals surface area contributed by atoms with E-state index < -0.39 is 5.97 Å². The van der Waals surface area contributed by atoms with Crippen LogP contribution in [0.4, 0.5) is 0 Å². The molecule has 0 spiro atoms. The second-order valence-corrected chi connectivity index (χ2v) is 3.77. The Morgan fingerprint density at radius 1 is 1.47 bits per heavy atom. The molecule has 0 atom stereocenters. The zero-order chi connectivity index (χ0) is 12.3. The summed E-state index contributed by atoms with van der Waals surface area (Å²) in [6.45, 7) is 2.00. The molecule has 1 aromatic carbocycles. The van der Waals surface area contributed by atoms with Crippen molar-refractivity contribution < 1.29 is 14.3 Å². The quantitative estimate of drug-likeness (QED) is 0.878. The summed E-state index contributed by atoms with van der Waals surface area (Å²) >= 11 is 0. The van der Waals surface area contributed by atoms with Crippen LogP contribution < -0.4 is 0 Å². The first kappa shape index (κ1) is 11.4. The Kier molecular flexibility index (Phi) is 3.23. The summed E-state index contributed by atoms with van der Waals surface area (Å²) in [4.78, 5) is 14.9. The molecule has 0 fully saturated rings. The van der Waals surface area contributed by atoms with Gasteiger partial charge >= 0.3 is 5.97 Å². The van der Waals surface area contributed by atoms with Crippen LogP contribution in [-0.4, -0.2) is 16.1 Å². The summed E-state index contributed by atoms with van der Waals surface area (Å²) in [5, 5.41) is 8.73. The first-order chi connectivity index (χ1) is 8.19. The number of benzene rings is 1. The molecule has 0 radical (unpaired) electrons. The molecular formula is C13H13NO3. The Morgan fingerprint density at radius 2 is 2.29 bits per heavy atom. The molecule has 2 rings (SSSR count). The fourth-order valence-electron chi connectivity index (χ4n) is 1.59. The topological polar surface area (TPSA) is 63.3 Å². The van der Waals surface area contributed by atoms with Crippen molar-refractivity contribution in [2.75, 3.05) is 0 Å². The van der Waals surface area contributed by atoms with E-state index in [1.54, 1.807) is 18.4 Å². The van der Waals surface area contributed by atoms with Crippen LogP contribution in [0.5, 0.6) is 0 Å². The molecule has 0 saturated heterocycles. The molecule has 0 unspecified atom stereocenters. The van der Waals surface area contributed by atoms with Gasteiger partial charge in [-0.15, -0.1) is 0 Å². The van der Waals surface area contributed by atoms with E-state index >= 15 is 0 Å². The van der Waals surface area contributed by atoms with E-state index in [0.29, 0.717) is 5.89 Å². The SMILES string of the molecule is CCc1coc(-c2cccc(CC(=O)O)c2)n1. The Bertz CT molecular complexity index is 531. The maximum atomic E-state index is 10.6. The van der Waals surface area contributed by atoms with Gasteiger partial charge in [-0.1, -0.05) is 19.1 Å². The number of carbonyl (C=O) groups is 1. The van der Waals surface area contributed by atoms with Crippen molar-refractivity contribution in [2.45, 2.75) is 19.8 Å². The van der Waals surface area contributed by atoms with Crippen LogP contribution in [-0.2, 0) is 17.6 Å². The lowest BCUT2D eigenvalue weighted by atomic mass is 10.1. The zero-order valence-electron chi connectivity index (χ0n) is 9.51. The third-order valence-corrected chi connectivity index (χ3v) is 2.44. The lowest BCUT2D eigenvalue weighted by molar-refractivity contribution is -0.136.